The Morgan fingerprint density at radius 2 is 1.81 bits per heavy atom. The first-order valence-electron chi connectivity index (χ1n) is 8.50. The van der Waals surface area contributed by atoms with Crippen LogP contribution in [-0.4, -0.2) is 47.4 Å². The summed E-state index contributed by atoms with van der Waals surface area (Å²) in [6.45, 7) is 1.53. The lowest BCUT2D eigenvalue weighted by atomic mass is 10.1. The minimum absolute atomic E-state index is 0.315. The first kappa shape index (κ1) is 20.7. The first-order valence-corrected chi connectivity index (χ1v) is 10.4. The molecule has 0 aromatic heterocycles. The van der Waals surface area contributed by atoms with E-state index in [1.807, 2.05) is 0 Å². The van der Waals surface area contributed by atoms with Gasteiger partial charge in [0.15, 0.2) is 15.8 Å². The fraction of sp³-hybridized carbons (Fsp3) is 0.316. The van der Waals surface area contributed by atoms with Crippen molar-refractivity contribution >= 4 is 15.8 Å². The van der Waals surface area contributed by atoms with Crippen molar-refractivity contribution in [3.05, 3.63) is 59.9 Å². The van der Waals surface area contributed by atoms with Gasteiger partial charge in [0.1, 0.15) is 18.2 Å². The Kier molecular flexibility index (Phi) is 7.60. The summed E-state index contributed by atoms with van der Waals surface area (Å²) in [4.78, 5) is 4.44. The van der Waals surface area contributed by atoms with Crippen molar-refractivity contribution in [2.75, 3.05) is 33.0 Å². The van der Waals surface area contributed by atoms with Crippen LogP contribution in [0.25, 0.3) is 0 Å². The molecular formula is C19H24FN3O3S. The third kappa shape index (κ3) is 7.26. The van der Waals surface area contributed by atoms with Crippen LogP contribution in [0.3, 0.4) is 0 Å². The van der Waals surface area contributed by atoms with E-state index in [9.17, 15) is 12.8 Å². The van der Waals surface area contributed by atoms with Gasteiger partial charge < -0.3 is 15.4 Å². The van der Waals surface area contributed by atoms with Gasteiger partial charge in [-0.25, -0.2) is 12.8 Å². The highest BCUT2D eigenvalue weighted by Crippen LogP contribution is 2.11. The molecular weight excluding hydrogens is 369 g/mol. The summed E-state index contributed by atoms with van der Waals surface area (Å²) >= 11 is 0. The van der Waals surface area contributed by atoms with E-state index in [4.69, 9.17) is 4.74 Å². The van der Waals surface area contributed by atoms with Crippen LogP contribution in [0.15, 0.2) is 58.4 Å². The highest BCUT2D eigenvalue weighted by Gasteiger charge is 2.06. The van der Waals surface area contributed by atoms with Gasteiger partial charge in [0.25, 0.3) is 0 Å². The molecule has 2 rings (SSSR count). The van der Waals surface area contributed by atoms with Crippen LogP contribution >= 0.6 is 0 Å². The Balaban J connectivity index is 1.69. The number of guanidine groups is 1. The van der Waals surface area contributed by atoms with Gasteiger partial charge in [-0.2, -0.15) is 0 Å². The molecule has 0 spiro atoms. The highest BCUT2D eigenvalue weighted by atomic mass is 32.2. The maximum atomic E-state index is 13.1. The van der Waals surface area contributed by atoms with Crippen LogP contribution in [0.1, 0.15) is 5.56 Å². The second-order valence-corrected chi connectivity index (χ2v) is 7.91. The standard InChI is InChI=1S/C19H24FN3O3S/c1-21-19(23-12-13-26-17-5-3-4-16(20)14-17)22-11-10-15-6-8-18(9-7-15)27(2,24)25/h3-9,14H,10-13H2,1-2H3,(H2,21,22,23). The van der Waals surface area contributed by atoms with Crippen molar-refractivity contribution in [2.24, 2.45) is 4.99 Å². The van der Waals surface area contributed by atoms with Gasteiger partial charge in [-0.15, -0.1) is 0 Å². The van der Waals surface area contributed by atoms with Gasteiger partial charge >= 0.3 is 0 Å². The van der Waals surface area contributed by atoms with Gasteiger partial charge in [-0.3, -0.25) is 4.99 Å². The van der Waals surface area contributed by atoms with Crippen molar-refractivity contribution in [1.82, 2.24) is 10.6 Å². The van der Waals surface area contributed by atoms with Gasteiger partial charge in [-0.1, -0.05) is 18.2 Å². The molecule has 2 aromatic rings. The average molecular weight is 393 g/mol. The van der Waals surface area contributed by atoms with E-state index in [1.54, 1.807) is 43.4 Å². The summed E-state index contributed by atoms with van der Waals surface area (Å²) < 4.78 is 41.4. The number of sulfone groups is 1. The van der Waals surface area contributed by atoms with E-state index in [-0.39, 0.29) is 5.82 Å². The van der Waals surface area contributed by atoms with E-state index < -0.39 is 9.84 Å². The summed E-state index contributed by atoms with van der Waals surface area (Å²) in [5.74, 6) is 0.783. The highest BCUT2D eigenvalue weighted by molar-refractivity contribution is 7.90. The van der Waals surface area contributed by atoms with E-state index in [0.29, 0.717) is 36.3 Å². The number of nitrogens with zero attached hydrogens (tertiary/aromatic N) is 1. The lowest BCUT2D eigenvalue weighted by Crippen LogP contribution is -2.40. The normalized spacial score (nSPS) is 11.9. The zero-order valence-corrected chi connectivity index (χ0v) is 16.2. The minimum Gasteiger partial charge on any atom is -0.492 e. The van der Waals surface area contributed by atoms with Crippen molar-refractivity contribution < 1.29 is 17.5 Å². The molecule has 0 saturated carbocycles. The van der Waals surface area contributed by atoms with Crippen LogP contribution in [0, 0.1) is 5.82 Å². The van der Waals surface area contributed by atoms with Crippen molar-refractivity contribution in [3.63, 3.8) is 0 Å². The molecule has 0 heterocycles. The van der Waals surface area contributed by atoms with Gasteiger partial charge in [0.05, 0.1) is 11.4 Å². The van der Waals surface area contributed by atoms with Crippen molar-refractivity contribution in [3.8, 4) is 5.75 Å². The number of hydrogen-bond donors (Lipinski definition) is 2. The summed E-state index contributed by atoms with van der Waals surface area (Å²) in [6, 6.07) is 12.8. The third-order valence-corrected chi connectivity index (χ3v) is 4.87. The van der Waals surface area contributed by atoms with Crippen LogP contribution < -0.4 is 15.4 Å². The second-order valence-electron chi connectivity index (χ2n) is 5.90. The lowest BCUT2D eigenvalue weighted by molar-refractivity contribution is 0.320. The predicted octanol–water partition coefficient (Wildman–Crippen LogP) is 2.02. The van der Waals surface area contributed by atoms with Crippen molar-refractivity contribution in [2.45, 2.75) is 11.3 Å². The van der Waals surface area contributed by atoms with E-state index in [1.165, 1.54) is 18.4 Å². The van der Waals surface area contributed by atoms with Crippen LogP contribution in [0.5, 0.6) is 5.75 Å². The monoisotopic (exact) mass is 393 g/mol. The maximum absolute atomic E-state index is 13.1. The Morgan fingerprint density at radius 3 is 2.44 bits per heavy atom. The molecule has 0 atom stereocenters. The number of benzene rings is 2. The number of rotatable bonds is 8. The Morgan fingerprint density at radius 1 is 1.11 bits per heavy atom. The largest absolute Gasteiger partial charge is 0.492 e. The fourth-order valence-corrected chi connectivity index (χ4v) is 2.97. The zero-order chi connectivity index (χ0) is 19.7. The molecule has 0 aliphatic carbocycles. The molecule has 2 N–H and O–H groups in total. The molecule has 27 heavy (non-hydrogen) atoms. The Labute approximate surface area is 159 Å². The van der Waals surface area contributed by atoms with Crippen LogP contribution in [0.2, 0.25) is 0 Å². The molecule has 0 bridgehead atoms. The smallest absolute Gasteiger partial charge is 0.191 e. The quantitative estimate of drug-likeness (QED) is 0.407. The Bertz CT molecular complexity index is 868. The van der Waals surface area contributed by atoms with Crippen molar-refractivity contribution in [1.29, 1.82) is 0 Å². The van der Waals surface area contributed by atoms with Gasteiger partial charge in [0.2, 0.25) is 0 Å². The van der Waals surface area contributed by atoms with Gasteiger partial charge in [-0.05, 0) is 36.2 Å². The molecule has 0 amide bonds. The SMILES string of the molecule is CN=C(NCCOc1cccc(F)c1)NCCc1ccc(S(C)(=O)=O)cc1. The Hall–Kier alpha value is -2.61. The lowest BCUT2D eigenvalue weighted by Gasteiger charge is -2.12. The molecule has 0 aliphatic rings. The average Bonchev–Trinajstić information content (AvgIpc) is 2.63. The molecule has 8 heteroatoms. The second kappa shape index (κ2) is 9.91. The summed E-state index contributed by atoms with van der Waals surface area (Å²) in [6.07, 6.45) is 1.92. The molecule has 0 unspecified atom stereocenters. The summed E-state index contributed by atoms with van der Waals surface area (Å²) in [5, 5.41) is 6.29. The number of ether oxygens (including phenoxy) is 1. The molecule has 0 fully saturated rings. The van der Waals surface area contributed by atoms with E-state index in [2.05, 4.69) is 15.6 Å². The number of nitrogens with one attached hydrogen (secondary N) is 2. The number of hydrogen-bond acceptors (Lipinski definition) is 4. The van der Waals surface area contributed by atoms with Crippen LogP contribution in [0.4, 0.5) is 4.39 Å². The molecule has 0 radical (unpaired) electrons. The molecule has 146 valence electrons. The molecule has 0 saturated heterocycles. The van der Waals surface area contributed by atoms with E-state index >= 15 is 0 Å². The molecule has 2 aromatic carbocycles. The molecule has 0 aliphatic heterocycles. The number of aliphatic imine (C=N–C) groups is 1. The topological polar surface area (TPSA) is 79.8 Å². The van der Waals surface area contributed by atoms with E-state index in [0.717, 1.165) is 12.0 Å². The zero-order valence-electron chi connectivity index (χ0n) is 15.4. The minimum atomic E-state index is -3.17. The fourth-order valence-electron chi connectivity index (χ4n) is 2.34. The third-order valence-electron chi connectivity index (χ3n) is 3.74. The molecule has 6 nitrogen and oxygen atoms in total. The van der Waals surface area contributed by atoms with Gasteiger partial charge in [0, 0.05) is 25.9 Å². The predicted molar refractivity (Wildman–Crippen MR) is 105 cm³/mol. The number of halogens is 1. The maximum Gasteiger partial charge on any atom is 0.191 e. The summed E-state index contributed by atoms with van der Waals surface area (Å²) in [5.41, 5.74) is 1.03. The van der Waals surface area contributed by atoms with Crippen LogP contribution in [-0.2, 0) is 16.3 Å². The first-order chi connectivity index (χ1) is 12.9. The summed E-state index contributed by atoms with van der Waals surface area (Å²) in [7, 11) is -1.50.